The molecule has 1 aromatic rings. The maximum Gasteiger partial charge on any atom is 0.121 e. The Morgan fingerprint density at radius 3 is 3.05 bits per heavy atom. The van der Waals surface area contributed by atoms with Gasteiger partial charge in [0.15, 0.2) is 0 Å². The SMILES string of the molecule is CN=C1CN(/C(C)=C\N)c2sc(C3=CCNCC3)cc2N1. The minimum absolute atomic E-state index is 0.740. The van der Waals surface area contributed by atoms with Crippen molar-refractivity contribution in [1.82, 2.24) is 5.32 Å². The number of hydrogen-bond acceptors (Lipinski definition) is 5. The molecule has 2 aliphatic rings. The maximum atomic E-state index is 5.72. The van der Waals surface area contributed by atoms with Crippen LogP contribution in [0, 0.1) is 0 Å². The normalized spacial score (nSPS) is 21.0. The van der Waals surface area contributed by atoms with Crippen molar-refractivity contribution in [3.8, 4) is 0 Å². The first-order valence-corrected chi connectivity index (χ1v) is 7.97. The van der Waals surface area contributed by atoms with Crippen LogP contribution in [0.3, 0.4) is 0 Å². The standard InChI is InChI=1S/C15H21N5S/c1-10(8-16)20-9-14(17-2)19-12-7-13(21-15(12)20)11-3-5-18-6-4-11/h3,7-8,18H,4-6,9,16H2,1-2H3,(H,17,19)/b10-8-. The lowest BCUT2D eigenvalue weighted by Gasteiger charge is -2.30. The number of hydrogen-bond donors (Lipinski definition) is 3. The molecule has 21 heavy (non-hydrogen) atoms. The Balaban J connectivity index is 2.00. The van der Waals surface area contributed by atoms with E-state index in [4.69, 9.17) is 5.73 Å². The van der Waals surface area contributed by atoms with E-state index in [1.165, 1.54) is 15.5 Å². The minimum atomic E-state index is 0.740. The molecule has 0 bridgehead atoms. The fourth-order valence-corrected chi connectivity index (χ4v) is 3.83. The van der Waals surface area contributed by atoms with Gasteiger partial charge in [0.1, 0.15) is 10.8 Å². The molecule has 0 aliphatic carbocycles. The van der Waals surface area contributed by atoms with Crippen LogP contribution in [0.4, 0.5) is 10.7 Å². The van der Waals surface area contributed by atoms with E-state index in [-0.39, 0.29) is 0 Å². The van der Waals surface area contributed by atoms with Crippen LogP contribution in [0.25, 0.3) is 5.57 Å². The molecule has 112 valence electrons. The summed E-state index contributed by atoms with van der Waals surface area (Å²) in [4.78, 5) is 7.87. The van der Waals surface area contributed by atoms with E-state index in [9.17, 15) is 0 Å². The number of aliphatic imine (C=N–C) groups is 1. The van der Waals surface area contributed by atoms with Crippen molar-refractivity contribution in [2.45, 2.75) is 13.3 Å². The Labute approximate surface area is 129 Å². The van der Waals surface area contributed by atoms with Gasteiger partial charge >= 0.3 is 0 Å². The Morgan fingerprint density at radius 1 is 1.52 bits per heavy atom. The van der Waals surface area contributed by atoms with Gasteiger partial charge in [-0.2, -0.15) is 0 Å². The summed E-state index contributed by atoms with van der Waals surface area (Å²) < 4.78 is 0. The molecule has 2 aliphatic heterocycles. The van der Waals surface area contributed by atoms with Gasteiger partial charge in [-0.25, -0.2) is 0 Å². The maximum absolute atomic E-state index is 5.72. The van der Waals surface area contributed by atoms with Crippen LogP contribution in [-0.2, 0) is 0 Å². The molecule has 1 aromatic heterocycles. The lowest BCUT2D eigenvalue weighted by atomic mass is 10.1. The predicted molar refractivity (Wildman–Crippen MR) is 92.1 cm³/mol. The van der Waals surface area contributed by atoms with Crippen LogP contribution in [0.5, 0.6) is 0 Å². The molecule has 0 saturated carbocycles. The summed E-state index contributed by atoms with van der Waals surface area (Å²) >= 11 is 1.82. The highest BCUT2D eigenvalue weighted by molar-refractivity contribution is 7.18. The zero-order valence-corrected chi connectivity index (χ0v) is 13.3. The van der Waals surface area contributed by atoms with Crippen molar-refractivity contribution >= 4 is 33.4 Å². The zero-order chi connectivity index (χ0) is 14.8. The van der Waals surface area contributed by atoms with Crippen LogP contribution in [-0.4, -0.2) is 32.5 Å². The third-order valence-electron chi connectivity index (χ3n) is 3.86. The van der Waals surface area contributed by atoms with E-state index < -0.39 is 0 Å². The topological polar surface area (TPSA) is 65.7 Å². The molecule has 5 nitrogen and oxygen atoms in total. The zero-order valence-electron chi connectivity index (χ0n) is 12.4. The molecule has 0 aromatic carbocycles. The summed E-state index contributed by atoms with van der Waals surface area (Å²) in [5.41, 5.74) is 9.32. The molecular formula is C15H21N5S. The molecule has 0 atom stereocenters. The molecule has 0 radical (unpaired) electrons. The predicted octanol–water partition coefficient (Wildman–Crippen LogP) is 2.21. The quantitative estimate of drug-likeness (QED) is 0.784. The number of nitrogens with zero attached hydrogens (tertiary/aromatic N) is 2. The van der Waals surface area contributed by atoms with E-state index in [2.05, 4.69) is 32.7 Å². The largest absolute Gasteiger partial charge is 0.403 e. The molecule has 4 N–H and O–H groups in total. The Bertz CT molecular complexity index is 626. The lowest BCUT2D eigenvalue weighted by molar-refractivity contribution is 0.739. The van der Waals surface area contributed by atoms with Gasteiger partial charge in [0, 0.05) is 30.4 Å². The Hall–Kier alpha value is -1.79. The Kier molecular flexibility index (Phi) is 3.98. The summed E-state index contributed by atoms with van der Waals surface area (Å²) in [6.07, 6.45) is 5.02. The fourth-order valence-electron chi connectivity index (χ4n) is 2.59. The average Bonchev–Trinajstić information content (AvgIpc) is 2.97. The highest BCUT2D eigenvalue weighted by atomic mass is 32.1. The van der Waals surface area contributed by atoms with Gasteiger partial charge in [0.2, 0.25) is 0 Å². The van der Waals surface area contributed by atoms with Crippen molar-refractivity contribution in [1.29, 1.82) is 0 Å². The van der Waals surface area contributed by atoms with Gasteiger partial charge in [-0.3, -0.25) is 4.99 Å². The first-order valence-electron chi connectivity index (χ1n) is 7.15. The molecule has 0 saturated heterocycles. The van der Waals surface area contributed by atoms with Gasteiger partial charge < -0.3 is 21.3 Å². The summed E-state index contributed by atoms with van der Waals surface area (Å²) in [5.74, 6) is 0.965. The molecular weight excluding hydrogens is 282 g/mol. The number of nitrogens with one attached hydrogen (secondary N) is 2. The van der Waals surface area contributed by atoms with Crippen molar-refractivity contribution in [3.05, 3.63) is 28.9 Å². The lowest BCUT2D eigenvalue weighted by Crippen LogP contribution is -2.36. The third-order valence-corrected chi connectivity index (χ3v) is 5.10. The van der Waals surface area contributed by atoms with Gasteiger partial charge in [0.25, 0.3) is 0 Å². The Morgan fingerprint density at radius 2 is 2.38 bits per heavy atom. The summed E-state index contributed by atoms with van der Waals surface area (Å²) in [6, 6.07) is 2.23. The summed E-state index contributed by atoms with van der Waals surface area (Å²) in [7, 11) is 1.82. The van der Waals surface area contributed by atoms with Crippen molar-refractivity contribution in [3.63, 3.8) is 0 Å². The highest BCUT2D eigenvalue weighted by Gasteiger charge is 2.25. The van der Waals surface area contributed by atoms with E-state index >= 15 is 0 Å². The van der Waals surface area contributed by atoms with Gasteiger partial charge in [-0.1, -0.05) is 6.08 Å². The molecule has 6 heteroatoms. The average molecular weight is 303 g/mol. The van der Waals surface area contributed by atoms with E-state index in [1.54, 1.807) is 6.20 Å². The number of nitrogens with two attached hydrogens (primary N) is 1. The van der Waals surface area contributed by atoms with Crippen LogP contribution in [0.15, 0.2) is 29.0 Å². The van der Waals surface area contributed by atoms with Crippen LogP contribution in [0.1, 0.15) is 18.2 Å². The van der Waals surface area contributed by atoms with Gasteiger partial charge in [-0.15, -0.1) is 11.3 Å². The van der Waals surface area contributed by atoms with E-state index in [1.807, 2.05) is 25.3 Å². The summed E-state index contributed by atoms with van der Waals surface area (Å²) in [5, 5.41) is 8.00. The van der Waals surface area contributed by atoms with Crippen LogP contribution >= 0.6 is 11.3 Å². The van der Waals surface area contributed by atoms with Gasteiger partial charge in [0.05, 0.1) is 12.2 Å². The first-order chi connectivity index (χ1) is 10.2. The fraction of sp³-hybridized carbons (Fsp3) is 0.400. The number of fused-ring (bicyclic) bond motifs is 1. The third kappa shape index (κ3) is 2.69. The van der Waals surface area contributed by atoms with Crippen molar-refractivity contribution in [2.75, 3.05) is 36.9 Å². The van der Waals surface area contributed by atoms with Crippen LogP contribution < -0.4 is 21.3 Å². The molecule has 0 unspecified atom stereocenters. The number of thiophene rings is 1. The second kappa shape index (κ2) is 5.91. The van der Waals surface area contributed by atoms with Crippen LogP contribution in [0.2, 0.25) is 0 Å². The second-order valence-electron chi connectivity index (χ2n) is 5.20. The van der Waals surface area contributed by atoms with Crippen molar-refractivity contribution in [2.24, 2.45) is 10.7 Å². The van der Waals surface area contributed by atoms with Gasteiger partial charge in [-0.05, 0) is 31.5 Å². The number of allylic oxidation sites excluding steroid dienone is 1. The molecule has 0 spiro atoms. The second-order valence-corrected chi connectivity index (χ2v) is 6.23. The molecule has 0 amide bonds. The van der Waals surface area contributed by atoms with E-state index in [0.717, 1.165) is 43.3 Å². The number of amidine groups is 1. The highest BCUT2D eigenvalue weighted by Crippen LogP contribution is 2.43. The monoisotopic (exact) mass is 303 g/mol. The molecule has 3 heterocycles. The first kappa shape index (κ1) is 14.2. The summed E-state index contributed by atoms with van der Waals surface area (Å²) in [6.45, 7) is 4.78. The van der Waals surface area contributed by atoms with E-state index in [0.29, 0.717) is 0 Å². The molecule has 0 fully saturated rings. The minimum Gasteiger partial charge on any atom is -0.403 e. The smallest absolute Gasteiger partial charge is 0.121 e. The number of rotatable bonds is 2. The number of anilines is 2. The molecule has 3 rings (SSSR count). The van der Waals surface area contributed by atoms with Crippen molar-refractivity contribution < 1.29 is 0 Å².